The number of sulfonamides is 1. The highest BCUT2D eigenvalue weighted by Gasteiger charge is 2.15. The van der Waals surface area contributed by atoms with Gasteiger partial charge in [-0.25, -0.2) is 13.1 Å². The lowest BCUT2D eigenvalue weighted by molar-refractivity contribution is 0.583. The van der Waals surface area contributed by atoms with E-state index in [1.54, 1.807) is 6.07 Å². The van der Waals surface area contributed by atoms with Gasteiger partial charge in [0.2, 0.25) is 10.0 Å². The van der Waals surface area contributed by atoms with Crippen molar-refractivity contribution >= 4 is 21.4 Å². The van der Waals surface area contributed by atoms with Crippen molar-refractivity contribution in [3.8, 4) is 0 Å². The van der Waals surface area contributed by atoms with E-state index in [0.29, 0.717) is 10.8 Å². The van der Waals surface area contributed by atoms with E-state index in [0.717, 1.165) is 16.9 Å². The average molecular weight is 281 g/mol. The second kappa shape index (κ2) is 5.65. The lowest BCUT2D eigenvalue weighted by atomic mass is 10.2. The Hall–Kier alpha value is -1.17. The zero-order valence-electron chi connectivity index (χ0n) is 10.1. The lowest BCUT2D eigenvalue weighted by Crippen LogP contribution is -2.22. The van der Waals surface area contributed by atoms with Gasteiger partial charge < -0.3 is 0 Å². The van der Waals surface area contributed by atoms with E-state index in [4.69, 9.17) is 0 Å². The number of hydrogen-bond donors (Lipinski definition) is 1. The van der Waals surface area contributed by atoms with Gasteiger partial charge in [0.05, 0.1) is 0 Å². The summed E-state index contributed by atoms with van der Waals surface area (Å²) in [5.74, 6) is 0. The molecule has 1 heterocycles. The van der Waals surface area contributed by atoms with Crippen LogP contribution in [0.1, 0.15) is 17.4 Å². The first-order chi connectivity index (χ1) is 8.62. The number of thiophene rings is 1. The van der Waals surface area contributed by atoms with Crippen molar-refractivity contribution in [1.82, 2.24) is 4.72 Å². The monoisotopic (exact) mass is 281 g/mol. The van der Waals surface area contributed by atoms with Crippen LogP contribution >= 0.6 is 11.3 Å². The molecule has 0 amide bonds. The molecule has 0 radical (unpaired) electrons. The number of aryl methyl sites for hydroxylation is 1. The Kier molecular flexibility index (Phi) is 4.16. The minimum Gasteiger partial charge on any atom is -0.206 e. The van der Waals surface area contributed by atoms with Crippen molar-refractivity contribution in [2.24, 2.45) is 0 Å². The van der Waals surface area contributed by atoms with Gasteiger partial charge in [0.15, 0.2) is 0 Å². The molecule has 3 nitrogen and oxygen atoms in total. The van der Waals surface area contributed by atoms with E-state index >= 15 is 0 Å². The number of rotatable bonds is 5. The predicted molar refractivity (Wildman–Crippen MR) is 74.2 cm³/mol. The van der Waals surface area contributed by atoms with Gasteiger partial charge in [-0.3, -0.25) is 0 Å². The maximum absolute atomic E-state index is 12.0. The molecule has 0 bridgehead atoms. The molecule has 0 saturated heterocycles. The quantitative estimate of drug-likeness (QED) is 0.916. The van der Waals surface area contributed by atoms with Crippen molar-refractivity contribution in [2.45, 2.75) is 24.1 Å². The molecule has 96 valence electrons. The summed E-state index contributed by atoms with van der Waals surface area (Å²) in [6.45, 7) is 2.34. The zero-order valence-corrected chi connectivity index (χ0v) is 11.7. The molecule has 0 saturated carbocycles. The van der Waals surface area contributed by atoms with E-state index in [1.165, 1.54) is 11.3 Å². The molecule has 0 atom stereocenters. The van der Waals surface area contributed by atoms with Crippen LogP contribution in [0.4, 0.5) is 0 Å². The highest BCUT2D eigenvalue weighted by molar-refractivity contribution is 7.91. The van der Waals surface area contributed by atoms with Crippen LogP contribution in [0.25, 0.3) is 0 Å². The molecule has 1 N–H and O–H groups in total. The van der Waals surface area contributed by atoms with E-state index in [1.807, 2.05) is 43.3 Å². The molecule has 2 rings (SSSR count). The first-order valence-electron chi connectivity index (χ1n) is 5.74. The number of nitrogens with one attached hydrogen (secondary N) is 1. The predicted octanol–water partition coefficient (Wildman–Crippen LogP) is 2.79. The smallest absolute Gasteiger partial charge is 0.206 e. The molecular formula is C13H15NO2S2. The summed E-state index contributed by atoms with van der Waals surface area (Å²) in [4.78, 5) is 1.08. The standard InChI is InChI=1S/C13H15NO2S2/c1-2-12-8-9-13(17-12)18(15,16)14-10-11-6-4-3-5-7-11/h3-9,14H,2,10H2,1H3. The Bertz CT molecular complexity index is 603. The Labute approximate surface area is 112 Å². The second-order valence-corrected chi connectivity index (χ2v) is 7.05. The fourth-order valence-corrected chi connectivity index (χ4v) is 3.90. The van der Waals surface area contributed by atoms with Crippen LogP contribution < -0.4 is 4.72 Å². The van der Waals surface area contributed by atoms with Crippen LogP contribution in [0, 0.1) is 0 Å². The van der Waals surface area contributed by atoms with Crippen LogP contribution in [-0.4, -0.2) is 8.42 Å². The molecule has 5 heteroatoms. The summed E-state index contributed by atoms with van der Waals surface area (Å²) in [5.41, 5.74) is 0.952. The Balaban J connectivity index is 2.08. The first kappa shape index (κ1) is 13.3. The van der Waals surface area contributed by atoms with Crippen LogP contribution in [0.15, 0.2) is 46.7 Å². The van der Waals surface area contributed by atoms with Gasteiger partial charge in [0.25, 0.3) is 0 Å². The second-order valence-electron chi connectivity index (χ2n) is 3.88. The van der Waals surface area contributed by atoms with E-state index in [2.05, 4.69) is 4.72 Å². The summed E-state index contributed by atoms with van der Waals surface area (Å²) < 4.78 is 27.1. The van der Waals surface area contributed by atoms with Gasteiger partial charge in [0.1, 0.15) is 4.21 Å². The molecule has 2 aromatic rings. The zero-order chi connectivity index (χ0) is 13.0. The van der Waals surface area contributed by atoms with Crippen molar-refractivity contribution in [3.05, 3.63) is 52.9 Å². The third-order valence-electron chi connectivity index (χ3n) is 2.56. The fourth-order valence-electron chi connectivity index (χ4n) is 1.54. The van der Waals surface area contributed by atoms with E-state index in [-0.39, 0.29) is 0 Å². The van der Waals surface area contributed by atoms with E-state index < -0.39 is 10.0 Å². The minimum atomic E-state index is -3.38. The van der Waals surface area contributed by atoms with Gasteiger partial charge in [0, 0.05) is 11.4 Å². The summed E-state index contributed by atoms with van der Waals surface area (Å²) in [6.07, 6.45) is 0.860. The maximum atomic E-state index is 12.0. The normalized spacial score (nSPS) is 11.6. The van der Waals surface area contributed by atoms with Crippen LogP contribution in [0.3, 0.4) is 0 Å². The molecule has 1 aromatic heterocycles. The Morgan fingerprint density at radius 2 is 1.83 bits per heavy atom. The Morgan fingerprint density at radius 3 is 2.44 bits per heavy atom. The van der Waals surface area contributed by atoms with E-state index in [9.17, 15) is 8.42 Å². The van der Waals surface area contributed by atoms with Gasteiger partial charge >= 0.3 is 0 Å². The summed E-state index contributed by atoms with van der Waals surface area (Å²) in [5, 5.41) is 0. The SMILES string of the molecule is CCc1ccc(S(=O)(=O)NCc2ccccc2)s1. The van der Waals surface area contributed by atoms with Crippen LogP contribution in [0.5, 0.6) is 0 Å². The average Bonchev–Trinajstić information content (AvgIpc) is 2.87. The molecule has 1 aromatic carbocycles. The first-order valence-corrected chi connectivity index (χ1v) is 8.04. The molecule has 0 aliphatic heterocycles. The topological polar surface area (TPSA) is 46.2 Å². The lowest BCUT2D eigenvalue weighted by Gasteiger charge is -2.04. The molecular weight excluding hydrogens is 266 g/mol. The fraction of sp³-hybridized carbons (Fsp3) is 0.231. The van der Waals surface area contributed by atoms with Crippen LogP contribution in [0.2, 0.25) is 0 Å². The summed E-state index contributed by atoms with van der Waals surface area (Å²) >= 11 is 1.32. The van der Waals surface area contributed by atoms with Crippen molar-refractivity contribution in [3.63, 3.8) is 0 Å². The molecule has 0 aliphatic carbocycles. The van der Waals surface area contributed by atoms with Gasteiger partial charge in [-0.1, -0.05) is 37.3 Å². The van der Waals surface area contributed by atoms with Crippen molar-refractivity contribution in [2.75, 3.05) is 0 Å². The van der Waals surface area contributed by atoms with Crippen LogP contribution in [-0.2, 0) is 23.0 Å². The maximum Gasteiger partial charge on any atom is 0.250 e. The van der Waals surface area contributed by atoms with Gasteiger partial charge in [-0.2, -0.15) is 0 Å². The number of benzene rings is 1. The largest absolute Gasteiger partial charge is 0.250 e. The summed E-state index contributed by atoms with van der Waals surface area (Å²) in [7, 11) is -3.38. The molecule has 18 heavy (non-hydrogen) atoms. The van der Waals surface area contributed by atoms with Crippen molar-refractivity contribution in [1.29, 1.82) is 0 Å². The molecule has 0 spiro atoms. The molecule has 0 aliphatic rings. The molecule has 0 fully saturated rings. The highest BCUT2D eigenvalue weighted by atomic mass is 32.2. The number of hydrogen-bond acceptors (Lipinski definition) is 3. The Morgan fingerprint density at radius 1 is 1.11 bits per heavy atom. The summed E-state index contributed by atoms with van der Waals surface area (Å²) in [6, 6.07) is 13.0. The molecule has 0 unspecified atom stereocenters. The van der Waals surface area contributed by atoms with Gasteiger partial charge in [-0.15, -0.1) is 11.3 Å². The van der Waals surface area contributed by atoms with Gasteiger partial charge in [-0.05, 0) is 24.1 Å². The third-order valence-corrected chi connectivity index (χ3v) is 5.68. The van der Waals surface area contributed by atoms with Crippen molar-refractivity contribution < 1.29 is 8.42 Å². The highest BCUT2D eigenvalue weighted by Crippen LogP contribution is 2.21. The minimum absolute atomic E-state index is 0.322. The third kappa shape index (κ3) is 3.19.